The molecule has 18 N–H and O–H groups in total. The second-order valence-corrected chi connectivity index (χ2v) is 14.7. The summed E-state index contributed by atoms with van der Waals surface area (Å²) in [6.07, 6.45) is -17.5. The Balaban J connectivity index is 1.35. The number of carbonyl (C=O) groups is 1. The second-order valence-electron chi connectivity index (χ2n) is 14.7. The smallest absolute Gasteiger partial charge is 0.252 e. The van der Waals surface area contributed by atoms with Crippen molar-refractivity contribution in [2.45, 2.75) is 148 Å². The van der Waals surface area contributed by atoms with E-state index >= 15 is 0 Å². The molecule has 21 nitrogen and oxygen atoms in total. The minimum Gasteiger partial charge on any atom is -0.395 e. The van der Waals surface area contributed by atoms with Gasteiger partial charge in [0.15, 0.2) is 18.9 Å². The van der Waals surface area contributed by atoms with Gasteiger partial charge in [0.05, 0.1) is 43.6 Å². The standard InChI is InChI=1S/C31H58N6O15/c1-11-20(41)22(43)17(8-32)47-27(11)51-25-19(10-39)49-29(23(25)44)52-26-21(42)15(37-30(45)31(46)6-12(33)7-31)4-13(34)24(26)50-28-14(35)5-16(40)18(48-28)9-36-2-3-38/h11-29,36,38-44,46H,2-10,32-35H2,1H3,(H,37,45)/t11-,12-,13+,14-,15-,16+,17+,18-,19-,20-,21+,22-,23-,24-,25-,26-,27-,28-,29+,31-/m1/s1. The molecule has 3 heterocycles. The normalized spacial score (nSPS) is 49.8. The maximum atomic E-state index is 13.1. The summed E-state index contributed by atoms with van der Waals surface area (Å²) in [5.41, 5.74) is 22.7. The van der Waals surface area contributed by atoms with Crippen molar-refractivity contribution >= 4 is 5.91 Å². The summed E-state index contributed by atoms with van der Waals surface area (Å²) in [5, 5.41) is 90.2. The number of ether oxygens (including phenoxy) is 6. The molecule has 18 atom stereocenters. The minimum atomic E-state index is -1.73. The van der Waals surface area contributed by atoms with Crippen LogP contribution in [-0.4, -0.2) is 195 Å². The first-order valence-electron chi connectivity index (χ1n) is 17.9. The molecule has 2 saturated carbocycles. The molecule has 2 aliphatic carbocycles. The largest absolute Gasteiger partial charge is 0.395 e. The topological polar surface area (TPSA) is 362 Å². The fourth-order valence-corrected chi connectivity index (χ4v) is 7.57. The molecule has 5 aliphatic rings. The van der Waals surface area contributed by atoms with Crippen LogP contribution in [0.1, 0.15) is 32.6 Å². The molecular formula is C31H58N6O15. The Kier molecular flexibility index (Phi) is 14.2. The predicted octanol–water partition coefficient (Wildman–Crippen LogP) is -7.92. The molecule has 3 aliphatic heterocycles. The first-order chi connectivity index (χ1) is 24.6. The van der Waals surface area contributed by atoms with Crippen molar-refractivity contribution in [3.05, 3.63) is 0 Å². The van der Waals surface area contributed by atoms with Crippen LogP contribution in [-0.2, 0) is 33.2 Å². The third-order valence-corrected chi connectivity index (χ3v) is 10.8. The first-order valence-corrected chi connectivity index (χ1v) is 17.9. The highest BCUT2D eigenvalue weighted by atomic mass is 16.8. The van der Waals surface area contributed by atoms with E-state index in [1.54, 1.807) is 6.92 Å². The van der Waals surface area contributed by atoms with Gasteiger partial charge in [0.25, 0.3) is 5.91 Å². The van der Waals surface area contributed by atoms with Gasteiger partial charge < -0.3 is 103 Å². The Morgan fingerprint density at radius 3 is 2.06 bits per heavy atom. The molecule has 5 fully saturated rings. The van der Waals surface area contributed by atoms with Crippen molar-refractivity contribution < 1.29 is 74.1 Å². The molecule has 0 unspecified atom stereocenters. The summed E-state index contributed by atoms with van der Waals surface area (Å²) in [4.78, 5) is 13.1. The van der Waals surface area contributed by atoms with Crippen LogP contribution in [0.2, 0.25) is 0 Å². The van der Waals surface area contributed by atoms with Gasteiger partial charge in [-0.15, -0.1) is 0 Å². The van der Waals surface area contributed by atoms with Crippen LogP contribution in [0.15, 0.2) is 0 Å². The molecule has 302 valence electrons. The summed E-state index contributed by atoms with van der Waals surface area (Å²) < 4.78 is 36.1. The van der Waals surface area contributed by atoms with Crippen molar-refractivity contribution in [1.82, 2.24) is 10.6 Å². The zero-order chi connectivity index (χ0) is 38.1. The Morgan fingerprint density at radius 2 is 1.42 bits per heavy atom. The second kappa shape index (κ2) is 17.7. The number of nitrogens with one attached hydrogen (secondary N) is 2. The van der Waals surface area contributed by atoms with Gasteiger partial charge in [-0.3, -0.25) is 4.79 Å². The van der Waals surface area contributed by atoms with Gasteiger partial charge in [0.1, 0.15) is 54.4 Å². The van der Waals surface area contributed by atoms with E-state index in [9.17, 15) is 40.5 Å². The molecule has 0 spiro atoms. The molecule has 0 aromatic rings. The summed E-state index contributed by atoms with van der Waals surface area (Å²) in [6.45, 7) is 1.04. The van der Waals surface area contributed by atoms with E-state index in [1.807, 2.05) is 0 Å². The van der Waals surface area contributed by atoms with Crippen LogP contribution in [0.4, 0.5) is 0 Å². The summed E-state index contributed by atoms with van der Waals surface area (Å²) in [6, 6.07) is -3.26. The number of hydrogen-bond acceptors (Lipinski definition) is 20. The van der Waals surface area contributed by atoms with E-state index < -0.39 is 128 Å². The van der Waals surface area contributed by atoms with Crippen molar-refractivity contribution in [2.24, 2.45) is 28.9 Å². The predicted molar refractivity (Wildman–Crippen MR) is 175 cm³/mol. The molecule has 0 radical (unpaired) electrons. The molecular weight excluding hydrogens is 696 g/mol. The molecule has 21 heteroatoms. The van der Waals surface area contributed by atoms with E-state index in [1.165, 1.54) is 0 Å². The molecule has 5 rings (SSSR count). The molecule has 52 heavy (non-hydrogen) atoms. The van der Waals surface area contributed by atoms with E-state index in [4.69, 9.17) is 56.5 Å². The zero-order valence-electron chi connectivity index (χ0n) is 29.1. The van der Waals surface area contributed by atoms with Crippen LogP contribution < -0.4 is 33.6 Å². The van der Waals surface area contributed by atoms with Crippen LogP contribution in [0.3, 0.4) is 0 Å². The fourth-order valence-electron chi connectivity index (χ4n) is 7.57. The lowest BCUT2D eigenvalue weighted by Crippen LogP contribution is -2.69. The number of rotatable bonds is 14. The zero-order valence-corrected chi connectivity index (χ0v) is 29.1. The quantitative estimate of drug-likeness (QED) is 0.0732. The third-order valence-electron chi connectivity index (χ3n) is 10.8. The average Bonchev–Trinajstić information content (AvgIpc) is 3.39. The Labute approximate surface area is 300 Å². The SMILES string of the molecule is C[C@H]1[C@@H](O[C@H]2[C@@H](O)[C@H](O[C@@H]3[C@@H](O)[C@H](NC(=O)[C@]4(O)C[C@H](N)C4)C[C@H](N)[C@H]3O[C@H]3O[C@H](CNCCO)[C@@H](O)C[C@H]3N)O[C@@H]2CO)O[C@@H](CN)[C@@H](O)[C@@H]1O. The van der Waals surface area contributed by atoms with Gasteiger partial charge in [-0.05, 0) is 12.8 Å². The highest BCUT2D eigenvalue weighted by Crippen LogP contribution is 2.37. The number of aliphatic hydroxyl groups excluding tert-OH is 7. The Morgan fingerprint density at radius 1 is 0.788 bits per heavy atom. The maximum Gasteiger partial charge on any atom is 0.252 e. The van der Waals surface area contributed by atoms with Gasteiger partial charge in [-0.25, -0.2) is 0 Å². The van der Waals surface area contributed by atoms with Crippen molar-refractivity contribution in [2.75, 3.05) is 32.8 Å². The van der Waals surface area contributed by atoms with E-state index in [0.29, 0.717) is 0 Å². The average molecular weight is 755 g/mol. The van der Waals surface area contributed by atoms with Gasteiger partial charge in [-0.2, -0.15) is 0 Å². The van der Waals surface area contributed by atoms with Crippen molar-refractivity contribution in [3.63, 3.8) is 0 Å². The highest BCUT2D eigenvalue weighted by molar-refractivity contribution is 5.86. The molecule has 0 bridgehead atoms. The van der Waals surface area contributed by atoms with Gasteiger partial charge >= 0.3 is 0 Å². The highest BCUT2D eigenvalue weighted by Gasteiger charge is 2.55. The minimum absolute atomic E-state index is 0.0217. The number of carbonyl (C=O) groups excluding carboxylic acids is 1. The molecule has 0 aromatic heterocycles. The van der Waals surface area contributed by atoms with E-state index in [0.717, 1.165) is 0 Å². The lowest BCUT2D eigenvalue weighted by atomic mass is 9.75. The van der Waals surface area contributed by atoms with Gasteiger partial charge in [0, 0.05) is 50.5 Å². The number of hydrogen-bond donors (Lipinski definition) is 14. The van der Waals surface area contributed by atoms with E-state index in [2.05, 4.69) is 10.6 Å². The monoisotopic (exact) mass is 754 g/mol. The number of nitrogens with two attached hydrogens (primary N) is 4. The van der Waals surface area contributed by atoms with Gasteiger partial charge in [-0.1, -0.05) is 6.92 Å². The van der Waals surface area contributed by atoms with E-state index in [-0.39, 0.29) is 58.0 Å². The Hall–Kier alpha value is -1.29. The van der Waals surface area contributed by atoms with Crippen LogP contribution in [0.25, 0.3) is 0 Å². The third kappa shape index (κ3) is 8.88. The van der Waals surface area contributed by atoms with Crippen LogP contribution in [0, 0.1) is 5.92 Å². The molecule has 1 amide bonds. The Bertz CT molecular complexity index is 1160. The first kappa shape index (κ1) is 41.9. The van der Waals surface area contributed by atoms with Gasteiger partial charge in [0.2, 0.25) is 0 Å². The van der Waals surface area contributed by atoms with Crippen LogP contribution >= 0.6 is 0 Å². The fraction of sp³-hybridized carbons (Fsp3) is 0.968. The lowest BCUT2D eigenvalue weighted by Gasteiger charge is -2.48. The van der Waals surface area contributed by atoms with Crippen molar-refractivity contribution in [3.8, 4) is 0 Å². The lowest BCUT2D eigenvalue weighted by molar-refractivity contribution is -0.299. The van der Waals surface area contributed by atoms with Crippen LogP contribution in [0.5, 0.6) is 0 Å². The summed E-state index contributed by atoms with van der Waals surface area (Å²) in [5.74, 6) is -1.55. The molecule has 3 saturated heterocycles. The summed E-state index contributed by atoms with van der Waals surface area (Å²) in [7, 11) is 0. The summed E-state index contributed by atoms with van der Waals surface area (Å²) >= 11 is 0. The van der Waals surface area contributed by atoms with Crippen molar-refractivity contribution in [1.29, 1.82) is 0 Å². The molecule has 0 aromatic carbocycles. The number of amides is 1. The maximum absolute atomic E-state index is 13.1. The number of aliphatic hydroxyl groups is 8.